The number of thiocarbonyl (C=S) groups is 1. The summed E-state index contributed by atoms with van der Waals surface area (Å²) in [5.74, 6) is 0.415. The van der Waals surface area contributed by atoms with Crippen molar-refractivity contribution in [1.29, 1.82) is 0 Å². The average molecular weight is 383 g/mol. The molecule has 0 unspecified atom stereocenters. The van der Waals surface area contributed by atoms with E-state index >= 15 is 0 Å². The minimum absolute atomic E-state index is 0.0385. The molecule has 1 aliphatic heterocycles. The smallest absolute Gasteiger partial charge is 0.281 e. The summed E-state index contributed by atoms with van der Waals surface area (Å²) >= 11 is 5.42. The zero-order valence-corrected chi connectivity index (χ0v) is 15.6. The number of non-ortho nitro benzene ring substituents is 1. The van der Waals surface area contributed by atoms with Crippen LogP contribution in [0, 0.1) is 10.1 Å². The van der Waals surface area contributed by atoms with Gasteiger partial charge in [0.25, 0.3) is 11.6 Å². The van der Waals surface area contributed by atoms with Crippen molar-refractivity contribution < 1.29 is 14.5 Å². The molecule has 0 spiro atoms. The van der Waals surface area contributed by atoms with Crippen LogP contribution in [-0.4, -0.2) is 34.5 Å². The second kappa shape index (κ2) is 7.55. The first-order valence-electron chi connectivity index (χ1n) is 8.23. The molecule has 0 radical (unpaired) electrons. The van der Waals surface area contributed by atoms with E-state index in [4.69, 9.17) is 17.0 Å². The van der Waals surface area contributed by atoms with Gasteiger partial charge in [-0.2, -0.15) is 0 Å². The zero-order chi connectivity index (χ0) is 19.6. The van der Waals surface area contributed by atoms with E-state index in [9.17, 15) is 14.9 Å². The molecular weight excluding hydrogens is 366 g/mol. The molecular formula is C19H17N3O4S. The van der Waals surface area contributed by atoms with Crippen molar-refractivity contribution in [3.05, 3.63) is 69.9 Å². The highest BCUT2D eigenvalue weighted by Gasteiger charge is 2.36. The number of hydrogen-bond donors (Lipinski definition) is 0. The second-order valence-corrected chi connectivity index (χ2v) is 6.16. The number of hydrogen-bond acceptors (Lipinski definition) is 5. The monoisotopic (exact) mass is 383 g/mol. The van der Waals surface area contributed by atoms with E-state index in [0.717, 1.165) is 0 Å². The normalized spacial score (nSPS) is 15.6. The lowest BCUT2D eigenvalue weighted by atomic mass is 10.1. The summed E-state index contributed by atoms with van der Waals surface area (Å²) in [5.41, 5.74) is 1.48. The van der Waals surface area contributed by atoms with Crippen molar-refractivity contribution in [3.63, 3.8) is 0 Å². The number of anilines is 1. The number of rotatable bonds is 5. The van der Waals surface area contributed by atoms with E-state index < -0.39 is 4.92 Å². The summed E-state index contributed by atoms with van der Waals surface area (Å²) in [5, 5.41) is 11.3. The molecule has 0 bridgehead atoms. The van der Waals surface area contributed by atoms with Gasteiger partial charge in [0, 0.05) is 19.2 Å². The summed E-state index contributed by atoms with van der Waals surface area (Å²) in [6, 6.07) is 13.2. The van der Waals surface area contributed by atoms with Crippen LogP contribution in [0.5, 0.6) is 5.75 Å². The topological polar surface area (TPSA) is 75.9 Å². The van der Waals surface area contributed by atoms with Gasteiger partial charge in [0.1, 0.15) is 11.4 Å². The van der Waals surface area contributed by atoms with Crippen LogP contribution in [-0.2, 0) is 4.79 Å². The van der Waals surface area contributed by atoms with E-state index in [1.807, 2.05) is 6.92 Å². The zero-order valence-electron chi connectivity index (χ0n) is 14.8. The first kappa shape index (κ1) is 18.5. The van der Waals surface area contributed by atoms with Gasteiger partial charge in [-0.3, -0.25) is 19.8 Å². The summed E-state index contributed by atoms with van der Waals surface area (Å²) in [4.78, 5) is 26.4. The molecule has 2 aromatic carbocycles. The highest BCUT2D eigenvalue weighted by Crippen LogP contribution is 2.29. The van der Waals surface area contributed by atoms with Gasteiger partial charge >= 0.3 is 0 Å². The van der Waals surface area contributed by atoms with E-state index in [2.05, 4.69) is 0 Å². The fourth-order valence-electron chi connectivity index (χ4n) is 2.73. The summed E-state index contributed by atoms with van der Waals surface area (Å²) < 4.78 is 5.42. The molecule has 1 amide bonds. The molecule has 27 heavy (non-hydrogen) atoms. The van der Waals surface area contributed by atoms with Gasteiger partial charge in [-0.25, -0.2) is 0 Å². The Bertz CT molecular complexity index is 940. The van der Waals surface area contributed by atoms with Gasteiger partial charge in [-0.1, -0.05) is 12.1 Å². The molecule has 0 atom stereocenters. The van der Waals surface area contributed by atoms with Gasteiger partial charge in [0.2, 0.25) is 0 Å². The standard InChI is InChI=1S/C19H17N3O4S/c1-3-26-16-9-7-14(8-10-16)21-18(23)17(20(2)19(21)27)12-13-5-4-6-15(11-13)22(24)25/h4-12H,3H2,1-2H3/b17-12-. The van der Waals surface area contributed by atoms with E-state index in [1.54, 1.807) is 54.4 Å². The van der Waals surface area contributed by atoms with Crippen LogP contribution in [0.4, 0.5) is 11.4 Å². The highest BCUT2D eigenvalue weighted by molar-refractivity contribution is 7.80. The third kappa shape index (κ3) is 3.65. The number of nitrogens with zero attached hydrogens (tertiary/aromatic N) is 3. The first-order valence-corrected chi connectivity index (χ1v) is 8.64. The summed E-state index contributed by atoms with van der Waals surface area (Å²) in [6.07, 6.45) is 1.59. The molecule has 0 aliphatic carbocycles. The Morgan fingerprint density at radius 2 is 1.93 bits per heavy atom. The number of amides is 1. The quantitative estimate of drug-likeness (QED) is 0.340. The van der Waals surface area contributed by atoms with Gasteiger partial charge in [-0.15, -0.1) is 0 Å². The lowest BCUT2D eigenvalue weighted by Gasteiger charge is -2.16. The van der Waals surface area contributed by atoms with Crippen molar-refractivity contribution in [2.24, 2.45) is 0 Å². The van der Waals surface area contributed by atoms with Crippen LogP contribution >= 0.6 is 12.2 Å². The van der Waals surface area contributed by atoms with E-state index in [1.165, 1.54) is 17.0 Å². The van der Waals surface area contributed by atoms with Crippen molar-refractivity contribution in [1.82, 2.24) is 4.90 Å². The Labute approximate surface area is 161 Å². The Hall–Kier alpha value is -3.26. The van der Waals surface area contributed by atoms with E-state index in [-0.39, 0.29) is 11.6 Å². The molecule has 7 nitrogen and oxygen atoms in total. The molecule has 1 fully saturated rings. The SMILES string of the molecule is CCOc1ccc(N2C(=O)/C(=C/c3cccc([N+](=O)[O-])c3)N(C)C2=S)cc1. The first-order chi connectivity index (χ1) is 12.9. The highest BCUT2D eigenvalue weighted by atomic mass is 32.1. The lowest BCUT2D eigenvalue weighted by molar-refractivity contribution is -0.384. The Balaban J connectivity index is 1.93. The predicted octanol–water partition coefficient (Wildman–Crippen LogP) is 3.60. The van der Waals surface area contributed by atoms with Crippen LogP contribution in [0.25, 0.3) is 6.08 Å². The third-order valence-corrected chi connectivity index (χ3v) is 4.51. The van der Waals surface area contributed by atoms with E-state index in [0.29, 0.717) is 34.4 Å². The minimum Gasteiger partial charge on any atom is -0.494 e. The molecule has 138 valence electrons. The largest absolute Gasteiger partial charge is 0.494 e. The summed E-state index contributed by atoms with van der Waals surface area (Å²) in [7, 11) is 1.69. The molecule has 1 heterocycles. The average Bonchev–Trinajstić information content (AvgIpc) is 2.86. The van der Waals surface area contributed by atoms with Crippen LogP contribution in [0.2, 0.25) is 0 Å². The van der Waals surface area contributed by atoms with Crippen LogP contribution in [0.15, 0.2) is 54.2 Å². The number of nitro benzene ring substituents is 1. The maximum atomic E-state index is 12.9. The number of carbonyl (C=O) groups excluding carboxylic acids is 1. The molecule has 0 aromatic heterocycles. The van der Waals surface area contributed by atoms with Crippen molar-refractivity contribution in [2.75, 3.05) is 18.6 Å². The Morgan fingerprint density at radius 3 is 2.56 bits per heavy atom. The van der Waals surface area contributed by atoms with Crippen molar-refractivity contribution in [2.45, 2.75) is 6.92 Å². The molecule has 0 N–H and O–H groups in total. The predicted molar refractivity (Wildman–Crippen MR) is 107 cm³/mol. The number of benzene rings is 2. The lowest BCUT2D eigenvalue weighted by Crippen LogP contribution is -2.31. The minimum atomic E-state index is -0.473. The summed E-state index contributed by atoms with van der Waals surface area (Å²) in [6.45, 7) is 2.45. The molecule has 1 saturated heterocycles. The Morgan fingerprint density at radius 1 is 1.22 bits per heavy atom. The molecule has 8 heteroatoms. The third-order valence-electron chi connectivity index (χ3n) is 4.05. The van der Waals surface area contributed by atoms with Gasteiger partial charge in [0.05, 0.1) is 17.2 Å². The molecule has 3 rings (SSSR count). The molecule has 2 aromatic rings. The van der Waals surface area contributed by atoms with Crippen molar-refractivity contribution >= 4 is 40.7 Å². The van der Waals surface area contributed by atoms with Crippen molar-refractivity contribution in [3.8, 4) is 5.75 Å². The fraction of sp³-hybridized carbons (Fsp3) is 0.158. The maximum Gasteiger partial charge on any atom is 0.281 e. The van der Waals surface area contributed by atoms with Gasteiger partial charge < -0.3 is 9.64 Å². The number of ether oxygens (including phenoxy) is 1. The fourth-order valence-corrected chi connectivity index (χ4v) is 3.01. The number of carbonyl (C=O) groups is 1. The number of likely N-dealkylation sites (N-methyl/N-ethyl adjacent to an activating group) is 1. The van der Waals surface area contributed by atoms with Crippen LogP contribution < -0.4 is 9.64 Å². The number of nitro groups is 1. The molecule has 0 saturated carbocycles. The van der Waals surface area contributed by atoms with Crippen LogP contribution in [0.1, 0.15) is 12.5 Å². The van der Waals surface area contributed by atoms with Gasteiger partial charge in [-0.05, 0) is 55.0 Å². The second-order valence-electron chi connectivity index (χ2n) is 5.79. The molecule has 1 aliphatic rings. The Kier molecular flexibility index (Phi) is 5.18. The maximum absolute atomic E-state index is 12.9. The van der Waals surface area contributed by atoms with Crippen LogP contribution in [0.3, 0.4) is 0 Å². The van der Waals surface area contributed by atoms with Gasteiger partial charge in [0.15, 0.2) is 5.11 Å².